The number of ether oxygens (including phenoxy) is 1. The third kappa shape index (κ3) is 5.72. The van der Waals surface area contributed by atoms with Gasteiger partial charge in [-0.15, -0.1) is 0 Å². The van der Waals surface area contributed by atoms with Gasteiger partial charge in [0.2, 0.25) is 5.91 Å². The largest absolute Gasteiger partial charge is 0.486 e. The molecule has 0 radical (unpaired) electrons. The highest BCUT2D eigenvalue weighted by Crippen LogP contribution is 2.20. The number of carbonyl (C=O) groups is 2. The maximum Gasteiger partial charge on any atom is 0.291 e. The summed E-state index contributed by atoms with van der Waals surface area (Å²) in [5, 5.41) is 5.43. The maximum atomic E-state index is 12.4. The molecule has 2 amide bonds. The number of carbonyl (C=O) groups excluding carboxylic acids is 2. The highest BCUT2D eigenvalue weighted by Gasteiger charge is 2.12. The predicted octanol–water partition coefficient (Wildman–Crippen LogP) is 5.19. The Kier molecular flexibility index (Phi) is 6.34. The Balaban J connectivity index is 1.54. The zero-order valence-corrected chi connectivity index (χ0v) is 16.7. The first-order valence-corrected chi connectivity index (χ1v) is 9.41. The Morgan fingerprint density at radius 1 is 0.897 bits per heavy atom. The molecule has 3 aromatic rings. The molecular formula is C23H24N2O4. The minimum atomic E-state index is -0.357. The van der Waals surface area contributed by atoms with E-state index in [-0.39, 0.29) is 24.2 Å². The highest BCUT2D eigenvalue weighted by atomic mass is 16.5. The van der Waals surface area contributed by atoms with Crippen LogP contribution in [0.25, 0.3) is 0 Å². The van der Waals surface area contributed by atoms with Crippen molar-refractivity contribution in [3.8, 4) is 5.75 Å². The van der Waals surface area contributed by atoms with E-state index in [4.69, 9.17) is 9.15 Å². The van der Waals surface area contributed by atoms with E-state index in [2.05, 4.69) is 24.5 Å². The molecule has 0 fully saturated rings. The first kappa shape index (κ1) is 20.2. The lowest BCUT2D eigenvalue weighted by Gasteiger charge is -2.08. The molecule has 2 aromatic carbocycles. The molecule has 0 aliphatic carbocycles. The van der Waals surface area contributed by atoms with Crippen molar-refractivity contribution in [3.05, 3.63) is 77.7 Å². The van der Waals surface area contributed by atoms with E-state index in [0.29, 0.717) is 23.1 Å². The zero-order chi connectivity index (χ0) is 20.8. The number of anilines is 2. The number of hydrogen-bond acceptors (Lipinski definition) is 4. The molecule has 0 atom stereocenters. The van der Waals surface area contributed by atoms with E-state index in [9.17, 15) is 9.59 Å². The number of hydrogen-bond donors (Lipinski definition) is 2. The van der Waals surface area contributed by atoms with Crippen LogP contribution in [-0.4, -0.2) is 11.8 Å². The quantitative estimate of drug-likeness (QED) is 0.580. The van der Waals surface area contributed by atoms with Crippen molar-refractivity contribution in [2.24, 2.45) is 0 Å². The average molecular weight is 392 g/mol. The molecule has 0 unspecified atom stereocenters. The van der Waals surface area contributed by atoms with Gasteiger partial charge in [0, 0.05) is 18.3 Å². The fourth-order valence-electron chi connectivity index (χ4n) is 2.71. The first-order chi connectivity index (χ1) is 13.9. The molecule has 6 nitrogen and oxygen atoms in total. The summed E-state index contributed by atoms with van der Waals surface area (Å²) >= 11 is 0. The van der Waals surface area contributed by atoms with Crippen LogP contribution < -0.4 is 15.4 Å². The summed E-state index contributed by atoms with van der Waals surface area (Å²) in [5.41, 5.74) is 2.51. The van der Waals surface area contributed by atoms with Crippen molar-refractivity contribution < 1.29 is 18.7 Å². The summed E-state index contributed by atoms with van der Waals surface area (Å²) in [4.78, 5) is 23.4. The summed E-state index contributed by atoms with van der Waals surface area (Å²) in [5.74, 6) is 1.47. The van der Waals surface area contributed by atoms with Gasteiger partial charge in [0.25, 0.3) is 5.91 Å². The second-order valence-electron chi connectivity index (χ2n) is 6.99. The van der Waals surface area contributed by atoms with E-state index in [1.54, 1.807) is 36.4 Å². The Hall–Kier alpha value is -3.54. The minimum absolute atomic E-state index is 0.150. The SMILES string of the molecule is CC(=O)Nc1ccc(NC(=O)c2ccc(COc3ccc(C(C)C)cc3)o2)cc1. The van der Waals surface area contributed by atoms with Gasteiger partial charge in [-0.3, -0.25) is 9.59 Å². The molecule has 0 saturated carbocycles. The van der Waals surface area contributed by atoms with Crippen molar-refractivity contribution in [2.75, 3.05) is 10.6 Å². The van der Waals surface area contributed by atoms with Crippen LogP contribution in [0.1, 0.15) is 48.6 Å². The molecule has 1 aromatic heterocycles. The van der Waals surface area contributed by atoms with Crippen molar-refractivity contribution in [1.29, 1.82) is 0 Å². The van der Waals surface area contributed by atoms with Crippen LogP contribution in [0.15, 0.2) is 65.1 Å². The molecule has 0 bridgehead atoms. The van der Waals surface area contributed by atoms with E-state index >= 15 is 0 Å². The smallest absolute Gasteiger partial charge is 0.291 e. The topological polar surface area (TPSA) is 80.6 Å². The van der Waals surface area contributed by atoms with Crippen molar-refractivity contribution in [1.82, 2.24) is 0 Å². The van der Waals surface area contributed by atoms with Crippen LogP contribution >= 0.6 is 0 Å². The van der Waals surface area contributed by atoms with E-state index in [1.807, 2.05) is 24.3 Å². The number of benzene rings is 2. The third-order valence-electron chi connectivity index (χ3n) is 4.28. The van der Waals surface area contributed by atoms with E-state index in [1.165, 1.54) is 12.5 Å². The highest BCUT2D eigenvalue weighted by molar-refractivity contribution is 6.02. The fourth-order valence-corrected chi connectivity index (χ4v) is 2.71. The van der Waals surface area contributed by atoms with E-state index in [0.717, 1.165) is 5.75 Å². The lowest BCUT2D eigenvalue weighted by molar-refractivity contribution is -0.114. The molecule has 29 heavy (non-hydrogen) atoms. The third-order valence-corrected chi connectivity index (χ3v) is 4.28. The van der Waals surface area contributed by atoms with Gasteiger partial charge in [-0.2, -0.15) is 0 Å². The first-order valence-electron chi connectivity index (χ1n) is 9.41. The summed E-state index contributed by atoms with van der Waals surface area (Å²) < 4.78 is 11.3. The van der Waals surface area contributed by atoms with Gasteiger partial charge in [0.05, 0.1) is 0 Å². The zero-order valence-electron chi connectivity index (χ0n) is 16.7. The van der Waals surface area contributed by atoms with Crippen molar-refractivity contribution in [2.45, 2.75) is 33.3 Å². The summed E-state index contributed by atoms with van der Waals surface area (Å²) in [7, 11) is 0. The summed E-state index contributed by atoms with van der Waals surface area (Å²) in [6, 6.07) is 18.1. The second-order valence-corrected chi connectivity index (χ2v) is 6.99. The summed E-state index contributed by atoms with van der Waals surface area (Å²) in [6.07, 6.45) is 0. The van der Waals surface area contributed by atoms with Crippen LogP contribution in [0.3, 0.4) is 0 Å². The Labute approximate surface area is 169 Å². The molecule has 0 aliphatic rings. The van der Waals surface area contributed by atoms with Crippen LogP contribution in [0.4, 0.5) is 11.4 Å². The second kappa shape index (κ2) is 9.10. The molecular weight excluding hydrogens is 368 g/mol. The Bertz CT molecular complexity index is 973. The normalized spacial score (nSPS) is 10.6. The fraction of sp³-hybridized carbons (Fsp3) is 0.217. The standard InChI is InChI=1S/C23H24N2O4/c1-15(2)17-4-10-20(11-5-17)28-14-21-12-13-22(29-21)23(27)25-19-8-6-18(7-9-19)24-16(3)26/h4-13,15H,14H2,1-3H3,(H,24,26)(H,25,27). The lowest BCUT2D eigenvalue weighted by Crippen LogP contribution is -2.11. The van der Waals surface area contributed by atoms with Gasteiger partial charge >= 0.3 is 0 Å². The molecule has 0 spiro atoms. The number of rotatable bonds is 7. The lowest BCUT2D eigenvalue weighted by atomic mass is 10.0. The minimum Gasteiger partial charge on any atom is -0.486 e. The van der Waals surface area contributed by atoms with E-state index < -0.39 is 0 Å². The van der Waals surface area contributed by atoms with Crippen LogP contribution in [0, 0.1) is 0 Å². The van der Waals surface area contributed by atoms with Gasteiger partial charge in [-0.25, -0.2) is 0 Å². The van der Waals surface area contributed by atoms with Crippen LogP contribution in [0.5, 0.6) is 5.75 Å². The van der Waals surface area contributed by atoms with Crippen LogP contribution in [-0.2, 0) is 11.4 Å². The molecule has 0 aliphatic heterocycles. The molecule has 2 N–H and O–H groups in total. The van der Waals surface area contributed by atoms with Gasteiger partial charge in [0.1, 0.15) is 18.1 Å². The Morgan fingerprint density at radius 3 is 2.10 bits per heavy atom. The summed E-state index contributed by atoms with van der Waals surface area (Å²) in [6.45, 7) is 5.96. The van der Waals surface area contributed by atoms with Gasteiger partial charge < -0.3 is 19.8 Å². The predicted molar refractivity (Wildman–Crippen MR) is 112 cm³/mol. The average Bonchev–Trinajstić information content (AvgIpc) is 3.17. The number of furan rings is 1. The van der Waals surface area contributed by atoms with Crippen molar-refractivity contribution >= 4 is 23.2 Å². The molecule has 3 rings (SSSR count). The molecule has 150 valence electrons. The van der Waals surface area contributed by atoms with Gasteiger partial charge in [-0.1, -0.05) is 26.0 Å². The van der Waals surface area contributed by atoms with Gasteiger partial charge in [-0.05, 0) is 60.0 Å². The molecule has 6 heteroatoms. The molecule has 0 saturated heterocycles. The number of nitrogens with one attached hydrogen (secondary N) is 2. The Morgan fingerprint density at radius 2 is 1.52 bits per heavy atom. The molecule has 1 heterocycles. The van der Waals surface area contributed by atoms with Crippen LogP contribution in [0.2, 0.25) is 0 Å². The van der Waals surface area contributed by atoms with Crippen molar-refractivity contribution in [3.63, 3.8) is 0 Å². The van der Waals surface area contributed by atoms with Gasteiger partial charge in [0.15, 0.2) is 5.76 Å². The monoisotopic (exact) mass is 392 g/mol. The maximum absolute atomic E-state index is 12.4. The number of amides is 2.